The first kappa shape index (κ1) is 14.9. The van der Waals surface area contributed by atoms with Crippen molar-refractivity contribution in [2.75, 3.05) is 18.4 Å². The van der Waals surface area contributed by atoms with Crippen molar-refractivity contribution < 1.29 is 4.79 Å². The Balaban J connectivity index is 1.74. The van der Waals surface area contributed by atoms with Crippen LogP contribution in [-0.4, -0.2) is 29.2 Å². The molecule has 0 aromatic heterocycles. The SMILES string of the molecule is CCCCN(CCBr)C(=O)C12CC3CC(CC(C3)C1)C2. The number of carbonyl (C=O) groups excluding carboxylic acids is 1. The van der Waals surface area contributed by atoms with Crippen molar-refractivity contribution in [1.82, 2.24) is 4.90 Å². The molecule has 114 valence electrons. The molecule has 4 aliphatic rings. The van der Waals surface area contributed by atoms with Crippen LogP contribution in [0.5, 0.6) is 0 Å². The Hall–Kier alpha value is -0.0500. The molecule has 20 heavy (non-hydrogen) atoms. The lowest BCUT2D eigenvalue weighted by Gasteiger charge is -2.56. The topological polar surface area (TPSA) is 20.3 Å². The third kappa shape index (κ3) is 2.67. The van der Waals surface area contributed by atoms with Gasteiger partial charge in [0.1, 0.15) is 0 Å². The van der Waals surface area contributed by atoms with E-state index >= 15 is 0 Å². The van der Waals surface area contributed by atoms with Gasteiger partial charge in [0.05, 0.1) is 5.41 Å². The molecule has 0 heterocycles. The molecule has 0 aromatic rings. The predicted octanol–water partition coefficient (Wildman–Crippen LogP) is 4.23. The first-order chi connectivity index (χ1) is 9.66. The van der Waals surface area contributed by atoms with Crippen LogP contribution in [0.15, 0.2) is 0 Å². The van der Waals surface area contributed by atoms with Gasteiger partial charge in [-0.25, -0.2) is 0 Å². The van der Waals surface area contributed by atoms with Crippen LogP contribution in [0.25, 0.3) is 0 Å². The van der Waals surface area contributed by atoms with Crippen LogP contribution in [0, 0.1) is 23.2 Å². The van der Waals surface area contributed by atoms with Crippen LogP contribution >= 0.6 is 15.9 Å². The van der Waals surface area contributed by atoms with E-state index in [1.54, 1.807) is 0 Å². The normalized spacial score (nSPS) is 38.2. The van der Waals surface area contributed by atoms with Crippen LogP contribution in [-0.2, 0) is 4.79 Å². The summed E-state index contributed by atoms with van der Waals surface area (Å²) < 4.78 is 0. The lowest BCUT2D eigenvalue weighted by molar-refractivity contribution is -0.157. The number of halogens is 1. The Kier molecular flexibility index (Phi) is 4.45. The van der Waals surface area contributed by atoms with Gasteiger partial charge in [0.25, 0.3) is 0 Å². The molecule has 4 bridgehead atoms. The fourth-order valence-electron chi connectivity index (χ4n) is 5.47. The van der Waals surface area contributed by atoms with Crippen LogP contribution in [0.3, 0.4) is 0 Å². The van der Waals surface area contributed by atoms with E-state index in [-0.39, 0.29) is 5.41 Å². The molecule has 0 unspecified atom stereocenters. The third-order valence-electron chi connectivity index (χ3n) is 5.92. The first-order valence-electron chi connectivity index (χ1n) is 8.52. The Morgan fingerprint density at radius 2 is 1.65 bits per heavy atom. The average molecular weight is 342 g/mol. The lowest BCUT2D eigenvalue weighted by atomic mass is 9.49. The van der Waals surface area contributed by atoms with Gasteiger partial charge in [0.2, 0.25) is 5.91 Å². The Bertz CT molecular complexity index is 333. The zero-order chi connectivity index (χ0) is 14.2. The molecule has 2 nitrogen and oxygen atoms in total. The second-order valence-electron chi connectivity index (χ2n) is 7.53. The summed E-state index contributed by atoms with van der Waals surface area (Å²) in [4.78, 5) is 15.4. The first-order valence-corrected chi connectivity index (χ1v) is 9.64. The Morgan fingerprint density at radius 3 is 2.10 bits per heavy atom. The number of unbranched alkanes of at least 4 members (excludes halogenated alkanes) is 1. The molecule has 0 radical (unpaired) electrons. The molecule has 4 rings (SSSR count). The number of carbonyl (C=O) groups is 1. The van der Waals surface area contributed by atoms with E-state index in [4.69, 9.17) is 0 Å². The molecule has 0 aromatic carbocycles. The van der Waals surface area contributed by atoms with Crippen molar-refractivity contribution in [2.45, 2.75) is 58.3 Å². The van der Waals surface area contributed by atoms with Crippen molar-refractivity contribution in [3.05, 3.63) is 0 Å². The standard InChI is InChI=1S/C17H28BrNO/c1-2-3-5-19(6-4-18)16(20)17-10-13-7-14(11-17)9-15(8-13)12-17/h13-15H,2-12H2,1H3. The quantitative estimate of drug-likeness (QED) is 0.662. The molecule has 4 aliphatic carbocycles. The summed E-state index contributed by atoms with van der Waals surface area (Å²) in [6, 6.07) is 0. The molecule has 4 saturated carbocycles. The van der Waals surface area contributed by atoms with Gasteiger partial charge in [-0.05, 0) is 62.7 Å². The third-order valence-corrected chi connectivity index (χ3v) is 6.27. The van der Waals surface area contributed by atoms with Crippen molar-refractivity contribution in [3.63, 3.8) is 0 Å². The van der Waals surface area contributed by atoms with E-state index in [1.807, 2.05) is 0 Å². The van der Waals surface area contributed by atoms with E-state index in [2.05, 4.69) is 27.8 Å². The molecule has 0 saturated heterocycles. The maximum Gasteiger partial charge on any atom is 0.228 e. The monoisotopic (exact) mass is 341 g/mol. The second kappa shape index (κ2) is 5.98. The molecule has 0 spiro atoms. The molecule has 0 aliphatic heterocycles. The van der Waals surface area contributed by atoms with Crippen molar-refractivity contribution in [3.8, 4) is 0 Å². The maximum absolute atomic E-state index is 13.2. The summed E-state index contributed by atoms with van der Waals surface area (Å²) in [6.45, 7) is 4.06. The van der Waals surface area contributed by atoms with Crippen LogP contribution in [0.2, 0.25) is 0 Å². The predicted molar refractivity (Wildman–Crippen MR) is 85.9 cm³/mol. The number of hydrogen-bond acceptors (Lipinski definition) is 1. The number of nitrogens with zero attached hydrogens (tertiary/aromatic N) is 1. The molecule has 0 N–H and O–H groups in total. The molecule has 3 heteroatoms. The van der Waals surface area contributed by atoms with E-state index in [0.717, 1.165) is 42.6 Å². The van der Waals surface area contributed by atoms with Crippen molar-refractivity contribution >= 4 is 21.8 Å². The minimum absolute atomic E-state index is 0.0463. The Labute approximate surface area is 131 Å². The molecular weight excluding hydrogens is 314 g/mol. The molecule has 4 fully saturated rings. The van der Waals surface area contributed by atoms with Gasteiger partial charge in [-0.3, -0.25) is 4.79 Å². The number of alkyl halides is 1. The highest BCUT2D eigenvalue weighted by Gasteiger charge is 2.55. The van der Waals surface area contributed by atoms with Gasteiger partial charge >= 0.3 is 0 Å². The minimum atomic E-state index is 0.0463. The van der Waals surface area contributed by atoms with Gasteiger partial charge < -0.3 is 4.90 Å². The van der Waals surface area contributed by atoms with Crippen molar-refractivity contribution in [2.24, 2.45) is 23.2 Å². The lowest BCUT2D eigenvalue weighted by Crippen LogP contribution is -2.55. The van der Waals surface area contributed by atoms with Crippen LogP contribution < -0.4 is 0 Å². The summed E-state index contributed by atoms with van der Waals surface area (Å²) in [5.74, 6) is 3.09. The molecular formula is C17H28BrNO. The average Bonchev–Trinajstić information content (AvgIpc) is 2.41. The summed E-state index contributed by atoms with van der Waals surface area (Å²) in [6.07, 6.45) is 10.2. The zero-order valence-electron chi connectivity index (χ0n) is 12.7. The highest BCUT2D eigenvalue weighted by molar-refractivity contribution is 9.09. The summed E-state index contributed by atoms with van der Waals surface area (Å²) >= 11 is 3.53. The fraction of sp³-hybridized carbons (Fsp3) is 0.941. The summed E-state index contributed by atoms with van der Waals surface area (Å²) in [7, 11) is 0. The van der Waals surface area contributed by atoms with E-state index in [9.17, 15) is 4.79 Å². The van der Waals surface area contributed by atoms with E-state index in [1.165, 1.54) is 44.9 Å². The number of rotatable bonds is 6. The van der Waals surface area contributed by atoms with Gasteiger partial charge in [-0.15, -0.1) is 0 Å². The highest BCUT2D eigenvalue weighted by Crippen LogP contribution is 2.60. The fourth-order valence-corrected chi connectivity index (χ4v) is 5.90. The van der Waals surface area contributed by atoms with Gasteiger partial charge in [-0.2, -0.15) is 0 Å². The molecule has 1 amide bonds. The van der Waals surface area contributed by atoms with Crippen LogP contribution in [0.1, 0.15) is 58.3 Å². The van der Waals surface area contributed by atoms with E-state index < -0.39 is 0 Å². The maximum atomic E-state index is 13.2. The Morgan fingerprint density at radius 1 is 1.10 bits per heavy atom. The summed E-state index contributed by atoms with van der Waals surface area (Å²) in [5.41, 5.74) is 0.0463. The highest BCUT2D eigenvalue weighted by atomic mass is 79.9. The van der Waals surface area contributed by atoms with Gasteiger partial charge in [0.15, 0.2) is 0 Å². The van der Waals surface area contributed by atoms with E-state index in [0.29, 0.717) is 5.91 Å². The van der Waals surface area contributed by atoms with Crippen LogP contribution in [0.4, 0.5) is 0 Å². The van der Waals surface area contributed by atoms with Crippen molar-refractivity contribution in [1.29, 1.82) is 0 Å². The number of amides is 1. The van der Waals surface area contributed by atoms with Gasteiger partial charge in [-0.1, -0.05) is 29.3 Å². The minimum Gasteiger partial charge on any atom is -0.341 e. The zero-order valence-corrected chi connectivity index (χ0v) is 14.3. The number of hydrogen-bond donors (Lipinski definition) is 0. The largest absolute Gasteiger partial charge is 0.341 e. The summed E-state index contributed by atoms with van der Waals surface area (Å²) in [5, 5.41) is 0.912. The second-order valence-corrected chi connectivity index (χ2v) is 8.33. The smallest absolute Gasteiger partial charge is 0.228 e. The van der Waals surface area contributed by atoms with Gasteiger partial charge in [0, 0.05) is 18.4 Å². The molecule has 0 atom stereocenters.